The van der Waals surface area contributed by atoms with Crippen molar-refractivity contribution in [1.29, 1.82) is 5.41 Å². The van der Waals surface area contributed by atoms with Crippen molar-refractivity contribution in [1.82, 2.24) is 0 Å². The average molecular weight is 436 g/mol. The van der Waals surface area contributed by atoms with Gasteiger partial charge in [0.25, 0.3) is 0 Å². The summed E-state index contributed by atoms with van der Waals surface area (Å²) in [5, 5.41) is 13.5. The summed E-state index contributed by atoms with van der Waals surface area (Å²) in [7, 11) is 0. The number of aliphatic imine (C=N–C) groups is 1. The van der Waals surface area contributed by atoms with Crippen molar-refractivity contribution in [2.75, 3.05) is 0 Å². The zero-order chi connectivity index (χ0) is 20.9. The number of nitrogens with zero attached hydrogens (tertiary/aromatic N) is 1. The molecule has 5 heteroatoms. The van der Waals surface area contributed by atoms with Gasteiger partial charge in [-0.1, -0.05) is 60.7 Å². The first-order chi connectivity index (χ1) is 15.2. The molecule has 148 valence electrons. The van der Waals surface area contributed by atoms with E-state index in [2.05, 4.69) is 71.7 Å². The molecule has 0 aliphatic rings. The molecule has 6 rings (SSSR count). The Labute approximate surface area is 186 Å². The molecule has 0 amide bonds. The van der Waals surface area contributed by atoms with Crippen LogP contribution in [0.25, 0.3) is 40.3 Å². The molecule has 0 bridgehead atoms. The first-order valence-corrected chi connectivity index (χ1v) is 11.6. The van der Waals surface area contributed by atoms with Gasteiger partial charge in [-0.15, -0.1) is 22.7 Å². The van der Waals surface area contributed by atoms with E-state index in [1.54, 1.807) is 22.7 Å². The lowest BCUT2D eigenvalue weighted by Crippen LogP contribution is -2.15. The third-order valence-electron chi connectivity index (χ3n) is 5.56. The number of amidine groups is 2. The second kappa shape index (κ2) is 7.01. The largest absolute Gasteiger partial charge is 0.383 e. The van der Waals surface area contributed by atoms with Crippen LogP contribution in [0.2, 0.25) is 0 Å². The van der Waals surface area contributed by atoms with Crippen LogP contribution in [0.3, 0.4) is 0 Å². The summed E-state index contributed by atoms with van der Waals surface area (Å²) in [5.41, 5.74) is 7.92. The molecule has 0 aliphatic heterocycles. The molecule has 3 N–H and O–H groups in total. The van der Waals surface area contributed by atoms with E-state index < -0.39 is 0 Å². The van der Waals surface area contributed by atoms with Crippen molar-refractivity contribution in [3.05, 3.63) is 96.1 Å². The Hall–Kier alpha value is -3.54. The summed E-state index contributed by atoms with van der Waals surface area (Å²) in [6.07, 6.45) is 0. The van der Waals surface area contributed by atoms with Gasteiger partial charge in [0.2, 0.25) is 0 Å². The molecule has 0 unspecified atom stereocenters. The first kappa shape index (κ1) is 18.2. The van der Waals surface area contributed by atoms with Crippen molar-refractivity contribution < 1.29 is 0 Å². The monoisotopic (exact) mass is 435 g/mol. The van der Waals surface area contributed by atoms with E-state index in [1.165, 1.54) is 35.6 Å². The predicted octanol–water partition coefficient (Wildman–Crippen LogP) is 7.15. The topological polar surface area (TPSA) is 62.2 Å². The van der Waals surface area contributed by atoms with Gasteiger partial charge in [0.05, 0.1) is 0 Å². The Morgan fingerprint density at radius 3 is 1.71 bits per heavy atom. The van der Waals surface area contributed by atoms with Crippen LogP contribution in [0, 0.1) is 5.41 Å². The molecular formula is C26H17N3S2. The summed E-state index contributed by atoms with van der Waals surface area (Å²) in [4.78, 5) is 4.43. The van der Waals surface area contributed by atoms with E-state index in [1.807, 2.05) is 18.2 Å². The van der Waals surface area contributed by atoms with Crippen LogP contribution in [0.4, 0.5) is 0 Å². The first-order valence-electron chi connectivity index (χ1n) is 9.93. The Balaban J connectivity index is 1.37. The Morgan fingerprint density at radius 2 is 1.10 bits per heavy atom. The third-order valence-corrected chi connectivity index (χ3v) is 7.83. The van der Waals surface area contributed by atoms with Crippen LogP contribution >= 0.6 is 22.7 Å². The normalized spacial score (nSPS) is 12.3. The number of nitrogens with one attached hydrogen (secondary N) is 1. The second-order valence-corrected chi connectivity index (χ2v) is 9.63. The molecule has 0 atom stereocenters. The Morgan fingerprint density at radius 1 is 0.613 bits per heavy atom. The highest BCUT2D eigenvalue weighted by atomic mass is 32.1. The van der Waals surface area contributed by atoms with Crippen LogP contribution in [0.15, 0.2) is 89.9 Å². The summed E-state index contributed by atoms with van der Waals surface area (Å²) >= 11 is 3.49. The number of nitrogens with two attached hydrogens (primary N) is 1. The number of rotatable bonds is 2. The van der Waals surface area contributed by atoms with Gasteiger partial charge < -0.3 is 5.73 Å². The highest BCUT2D eigenvalue weighted by Gasteiger charge is 2.10. The number of fused-ring (bicyclic) bond motifs is 6. The van der Waals surface area contributed by atoms with Crippen molar-refractivity contribution in [3.8, 4) is 0 Å². The zero-order valence-electron chi connectivity index (χ0n) is 16.4. The molecule has 2 heterocycles. The van der Waals surface area contributed by atoms with Crippen LogP contribution in [0.5, 0.6) is 0 Å². The number of benzene rings is 4. The van der Waals surface area contributed by atoms with Gasteiger partial charge in [-0.2, -0.15) is 0 Å². The molecule has 0 fully saturated rings. The van der Waals surface area contributed by atoms with E-state index in [0.717, 1.165) is 15.8 Å². The minimum Gasteiger partial charge on any atom is -0.383 e. The van der Waals surface area contributed by atoms with Gasteiger partial charge in [0, 0.05) is 51.5 Å². The van der Waals surface area contributed by atoms with Gasteiger partial charge >= 0.3 is 0 Å². The second-order valence-electron chi connectivity index (χ2n) is 7.46. The fourth-order valence-corrected chi connectivity index (χ4v) is 6.30. The number of thiophene rings is 2. The Bertz CT molecular complexity index is 1670. The van der Waals surface area contributed by atoms with Gasteiger partial charge in [-0.3, -0.25) is 5.41 Å². The average Bonchev–Trinajstić information content (AvgIpc) is 3.36. The highest BCUT2D eigenvalue weighted by molar-refractivity contribution is 7.26. The molecule has 6 aromatic rings. The molecule has 0 saturated carbocycles. The van der Waals surface area contributed by atoms with E-state index in [-0.39, 0.29) is 5.84 Å². The lowest BCUT2D eigenvalue weighted by atomic mass is 10.1. The zero-order valence-corrected chi connectivity index (χ0v) is 18.1. The maximum atomic E-state index is 8.51. The van der Waals surface area contributed by atoms with Gasteiger partial charge in [0.15, 0.2) is 5.84 Å². The molecule has 3 nitrogen and oxygen atoms in total. The van der Waals surface area contributed by atoms with Gasteiger partial charge in [-0.25, -0.2) is 4.99 Å². The van der Waals surface area contributed by atoms with Crippen molar-refractivity contribution in [2.24, 2.45) is 10.7 Å². The Kier molecular flexibility index (Phi) is 4.13. The summed E-state index contributed by atoms with van der Waals surface area (Å²) in [5.74, 6) is 0.536. The van der Waals surface area contributed by atoms with Crippen LogP contribution in [-0.4, -0.2) is 11.7 Å². The minimum atomic E-state index is 0.174. The molecule has 0 spiro atoms. The van der Waals surface area contributed by atoms with Gasteiger partial charge in [-0.05, 0) is 24.3 Å². The smallest absolute Gasteiger partial charge is 0.154 e. The van der Waals surface area contributed by atoms with E-state index in [0.29, 0.717) is 5.84 Å². The van der Waals surface area contributed by atoms with E-state index in [4.69, 9.17) is 11.1 Å². The van der Waals surface area contributed by atoms with Crippen molar-refractivity contribution in [2.45, 2.75) is 0 Å². The summed E-state index contributed by atoms with van der Waals surface area (Å²) in [6.45, 7) is 0. The third kappa shape index (κ3) is 3.02. The molecule has 0 aliphatic carbocycles. The maximum Gasteiger partial charge on any atom is 0.154 e. The van der Waals surface area contributed by atoms with Crippen LogP contribution < -0.4 is 5.73 Å². The molecule has 4 aromatic carbocycles. The molecule has 31 heavy (non-hydrogen) atoms. The standard InChI is InChI=1S/C26H17N3S2/c27-25(15-9-11-19-17-5-1-3-7-21(17)30-23(19)13-15)29-26(28)16-10-12-20-18-6-2-4-8-22(18)31-24(20)14-16/h1-14H,(H3,27,28,29). The van der Waals surface area contributed by atoms with E-state index >= 15 is 0 Å². The number of hydrogen-bond acceptors (Lipinski definition) is 3. The summed E-state index contributed by atoms with van der Waals surface area (Å²) in [6, 6.07) is 29.0. The van der Waals surface area contributed by atoms with E-state index in [9.17, 15) is 0 Å². The van der Waals surface area contributed by atoms with Crippen molar-refractivity contribution in [3.63, 3.8) is 0 Å². The highest BCUT2D eigenvalue weighted by Crippen LogP contribution is 2.35. The predicted molar refractivity (Wildman–Crippen MR) is 136 cm³/mol. The molecule has 0 saturated heterocycles. The SMILES string of the molecule is N=C(N=C(N)c1ccc2c(c1)sc1ccccc12)c1ccc2c(c1)sc1ccccc12. The quantitative estimate of drug-likeness (QED) is 0.220. The fraction of sp³-hybridized carbons (Fsp3) is 0. The lowest BCUT2D eigenvalue weighted by Gasteiger charge is -2.04. The van der Waals surface area contributed by atoms with Crippen LogP contribution in [0.1, 0.15) is 11.1 Å². The maximum absolute atomic E-state index is 8.51. The van der Waals surface area contributed by atoms with Crippen molar-refractivity contribution >= 4 is 74.7 Å². The molecular weight excluding hydrogens is 418 g/mol. The van der Waals surface area contributed by atoms with Gasteiger partial charge in [0.1, 0.15) is 5.84 Å². The lowest BCUT2D eigenvalue weighted by molar-refractivity contribution is 1.41. The fourth-order valence-electron chi connectivity index (χ4n) is 4.01. The number of hydrogen-bond donors (Lipinski definition) is 2. The minimum absolute atomic E-state index is 0.174. The van der Waals surface area contributed by atoms with Crippen LogP contribution in [-0.2, 0) is 0 Å². The molecule has 2 aromatic heterocycles. The molecule has 0 radical (unpaired) electrons. The summed E-state index contributed by atoms with van der Waals surface area (Å²) < 4.78 is 4.84.